The van der Waals surface area contributed by atoms with Crippen molar-refractivity contribution >= 4 is 10.9 Å². The van der Waals surface area contributed by atoms with Gasteiger partial charge in [0, 0.05) is 18.0 Å². The van der Waals surface area contributed by atoms with E-state index in [0.29, 0.717) is 6.54 Å². The van der Waals surface area contributed by atoms with E-state index >= 15 is 0 Å². The maximum absolute atomic E-state index is 5.59. The van der Waals surface area contributed by atoms with Crippen LogP contribution in [-0.4, -0.2) is 12.1 Å². The van der Waals surface area contributed by atoms with E-state index in [1.165, 1.54) is 5.56 Å². The molecule has 0 saturated carbocycles. The first kappa shape index (κ1) is 9.93. The number of ether oxygens (including phenoxy) is 1. The number of aromatic nitrogens is 1. The van der Waals surface area contributed by atoms with Crippen molar-refractivity contribution in [2.24, 2.45) is 5.73 Å². The maximum Gasteiger partial charge on any atom is 0.121 e. The van der Waals surface area contributed by atoms with E-state index in [9.17, 15) is 0 Å². The molecule has 0 atom stereocenters. The van der Waals surface area contributed by atoms with Crippen LogP contribution in [-0.2, 0) is 6.54 Å². The molecule has 1 aromatic carbocycles. The third kappa shape index (κ3) is 1.78. The van der Waals surface area contributed by atoms with Gasteiger partial charge in [-0.15, -0.1) is 0 Å². The standard InChI is InChI=1S/C12H14N2O/c1-8-5-9(7-13)14-12-6-10(15-2)3-4-11(8)12/h3-6H,7,13H2,1-2H3. The van der Waals surface area contributed by atoms with Crippen LogP contribution in [0.15, 0.2) is 24.3 Å². The molecule has 0 amide bonds. The van der Waals surface area contributed by atoms with E-state index in [4.69, 9.17) is 10.5 Å². The van der Waals surface area contributed by atoms with Gasteiger partial charge in [0.2, 0.25) is 0 Å². The summed E-state index contributed by atoms with van der Waals surface area (Å²) in [5.41, 5.74) is 8.63. The van der Waals surface area contributed by atoms with Crippen LogP contribution in [0.4, 0.5) is 0 Å². The highest BCUT2D eigenvalue weighted by Crippen LogP contribution is 2.22. The first-order valence-corrected chi connectivity index (χ1v) is 4.89. The molecular formula is C12H14N2O. The van der Waals surface area contributed by atoms with Gasteiger partial charge in [-0.3, -0.25) is 4.98 Å². The summed E-state index contributed by atoms with van der Waals surface area (Å²) < 4.78 is 5.16. The van der Waals surface area contributed by atoms with Crippen molar-refractivity contribution < 1.29 is 4.74 Å². The first-order chi connectivity index (χ1) is 7.24. The molecule has 0 radical (unpaired) electrons. The van der Waals surface area contributed by atoms with Crippen LogP contribution in [0.5, 0.6) is 5.75 Å². The van der Waals surface area contributed by atoms with Crippen molar-refractivity contribution in [2.45, 2.75) is 13.5 Å². The molecule has 15 heavy (non-hydrogen) atoms. The Hall–Kier alpha value is -1.61. The van der Waals surface area contributed by atoms with Crippen LogP contribution in [0.3, 0.4) is 0 Å². The Morgan fingerprint density at radius 2 is 2.13 bits per heavy atom. The summed E-state index contributed by atoms with van der Waals surface area (Å²) >= 11 is 0. The molecule has 2 N–H and O–H groups in total. The molecule has 0 fully saturated rings. The van der Waals surface area contributed by atoms with Gasteiger partial charge in [0.05, 0.1) is 18.3 Å². The zero-order valence-corrected chi connectivity index (χ0v) is 8.95. The summed E-state index contributed by atoms with van der Waals surface area (Å²) in [7, 11) is 1.65. The molecular weight excluding hydrogens is 188 g/mol. The van der Waals surface area contributed by atoms with E-state index in [1.54, 1.807) is 7.11 Å². The van der Waals surface area contributed by atoms with E-state index < -0.39 is 0 Å². The number of hydrogen-bond acceptors (Lipinski definition) is 3. The smallest absolute Gasteiger partial charge is 0.121 e. The van der Waals surface area contributed by atoms with Gasteiger partial charge < -0.3 is 10.5 Å². The third-order valence-corrected chi connectivity index (χ3v) is 2.49. The fourth-order valence-electron chi connectivity index (χ4n) is 1.68. The second-order valence-electron chi connectivity index (χ2n) is 3.52. The molecule has 0 spiro atoms. The highest BCUT2D eigenvalue weighted by Gasteiger charge is 2.02. The van der Waals surface area contributed by atoms with Crippen molar-refractivity contribution in [3.63, 3.8) is 0 Å². The van der Waals surface area contributed by atoms with E-state index in [2.05, 4.69) is 11.9 Å². The summed E-state index contributed by atoms with van der Waals surface area (Å²) in [6.07, 6.45) is 0. The van der Waals surface area contributed by atoms with Crippen LogP contribution < -0.4 is 10.5 Å². The number of fused-ring (bicyclic) bond motifs is 1. The molecule has 0 aliphatic rings. The van der Waals surface area contributed by atoms with E-state index in [-0.39, 0.29) is 0 Å². The highest BCUT2D eigenvalue weighted by atomic mass is 16.5. The second-order valence-corrected chi connectivity index (χ2v) is 3.52. The second kappa shape index (κ2) is 3.87. The lowest BCUT2D eigenvalue weighted by Gasteiger charge is -2.06. The van der Waals surface area contributed by atoms with Gasteiger partial charge in [-0.2, -0.15) is 0 Å². The average molecular weight is 202 g/mol. The molecule has 0 aliphatic heterocycles. The number of hydrogen-bond donors (Lipinski definition) is 1. The quantitative estimate of drug-likeness (QED) is 0.810. The number of nitrogens with zero attached hydrogens (tertiary/aromatic N) is 1. The molecule has 0 saturated heterocycles. The summed E-state index contributed by atoms with van der Waals surface area (Å²) in [4.78, 5) is 4.46. The number of methoxy groups -OCH3 is 1. The lowest BCUT2D eigenvalue weighted by atomic mass is 10.1. The Kier molecular flexibility index (Phi) is 2.56. The Bertz CT molecular complexity index is 489. The van der Waals surface area contributed by atoms with Crippen LogP contribution in [0.25, 0.3) is 10.9 Å². The molecule has 0 bridgehead atoms. The van der Waals surface area contributed by atoms with Crippen LogP contribution >= 0.6 is 0 Å². The Morgan fingerprint density at radius 1 is 1.33 bits per heavy atom. The largest absolute Gasteiger partial charge is 0.497 e. The molecule has 2 aromatic rings. The van der Waals surface area contributed by atoms with Crippen LogP contribution in [0, 0.1) is 6.92 Å². The van der Waals surface area contributed by atoms with Crippen molar-refractivity contribution in [3.05, 3.63) is 35.5 Å². The molecule has 2 rings (SSSR count). The maximum atomic E-state index is 5.59. The van der Waals surface area contributed by atoms with E-state index in [0.717, 1.165) is 22.3 Å². The first-order valence-electron chi connectivity index (χ1n) is 4.89. The van der Waals surface area contributed by atoms with Gasteiger partial charge in [0.25, 0.3) is 0 Å². The summed E-state index contributed by atoms with van der Waals surface area (Å²) in [6, 6.07) is 7.92. The monoisotopic (exact) mass is 202 g/mol. The number of rotatable bonds is 2. The summed E-state index contributed by atoms with van der Waals surface area (Å²) in [6.45, 7) is 2.53. The minimum Gasteiger partial charge on any atom is -0.497 e. The normalized spacial score (nSPS) is 10.6. The molecule has 0 unspecified atom stereocenters. The van der Waals surface area contributed by atoms with Crippen LogP contribution in [0.1, 0.15) is 11.3 Å². The summed E-state index contributed by atoms with van der Waals surface area (Å²) in [5.74, 6) is 0.823. The van der Waals surface area contributed by atoms with Gasteiger partial charge in [-0.05, 0) is 30.7 Å². The average Bonchev–Trinajstić information content (AvgIpc) is 2.28. The number of pyridine rings is 1. The number of nitrogens with two attached hydrogens (primary N) is 1. The van der Waals surface area contributed by atoms with Gasteiger partial charge in [0.1, 0.15) is 5.75 Å². The van der Waals surface area contributed by atoms with Crippen molar-refractivity contribution in [1.82, 2.24) is 4.98 Å². The van der Waals surface area contributed by atoms with Gasteiger partial charge in [-0.1, -0.05) is 0 Å². The van der Waals surface area contributed by atoms with Crippen molar-refractivity contribution in [2.75, 3.05) is 7.11 Å². The van der Waals surface area contributed by atoms with Crippen LogP contribution in [0.2, 0.25) is 0 Å². The molecule has 3 heteroatoms. The number of aryl methyl sites for hydroxylation is 1. The third-order valence-electron chi connectivity index (χ3n) is 2.49. The minimum atomic E-state index is 0.466. The zero-order valence-electron chi connectivity index (χ0n) is 8.95. The highest BCUT2D eigenvalue weighted by molar-refractivity contribution is 5.83. The lowest BCUT2D eigenvalue weighted by molar-refractivity contribution is 0.415. The topological polar surface area (TPSA) is 48.1 Å². The fourth-order valence-corrected chi connectivity index (χ4v) is 1.68. The molecule has 1 aromatic heterocycles. The Balaban J connectivity index is 2.69. The Morgan fingerprint density at radius 3 is 2.80 bits per heavy atom. The number of benzene rings is 1. The predicted molar refractivity (Wildman–Crippen MR) is 60.9 cm³/mol. The predicted octanol–water partition coefficient (Wildman–Crippen LogP) is 2.01. The molecule has 3 nitrogen and oxygen atoms in total. The lowest BCUT2D eigenvalue weighted by Crippen LogP contribution is -2.00. The molecule has 1 heterocycles. The summed E-state index contributed by atoms with van der Waals surface area (Å²) in [5, 5.41) is 1.15. The van der Waals surface area contributed by atoms with Crippen molar-refractivity contribution in [3.8, 4) is 5.75 Å². The minimum absolute atomic E-state index is 0.466. The van der Waals surface area contributed by atoms with E-state index in [1.807, 2.05) is 24.3 Å². The van der Waals surface area contributed by atoms with Gasteiger partial charge in [0.15, 0.2) is 0 Å². The zero-order chi connectivity index (χ0) is 10.8. The van der Waals surface area contributed by atoms with Gasteiger partial charge in [-0.25, -0.2) is 0 Å². The van der Waals surface area contributed by atoms with Gasteiger partial charge >= 0.3 is 0 Å². The fraction of sp³-hybridized carbons (Fsp3) is 0.250. The SMILES string of the molecule is COc1ccc2c(C)cc(CN)nc2c1. The van der Waals surface area contributed by atoms with Crippen molar-refractivity contribution in [1.29, 1.82) is 0 Å². The molecule has 0 aliphatic carbocycles. The Labute approximate surface area is 88.9 Å². The molecule has 78 valence electrons.